The number of hydrogen-bond donors (Lipinski definition) is 4. The summed E-state index contributed by atoms with van der Waals surface area (Å²) in [6.07, 6.45) is 6.00. The van der Waals surface area contributed by atoms with Crippen LogP contribution in [-0.4, -0.2) is 44.0 Å². The van der Waals surface area contributed by atoms with Gasteiger partial charge >= 0.3 is 5.97 Å². The predicted octanol–water partition coefficient (Wildman–Crippen LogP) is 4.02. The van der Waals surface area contributed by atoms with E-state index in [9.17, 15) is 4.79 Å². The number of fused-ring (bicyclic) bond motifs is 1. The number of ether oxygens (including phenoxy) is 1. The Morgan fingerprint density at radius 1 is 1.27 bits per heavy atom. The molecule has 30 heavy (non-hydrogen) atoms. The van der Waals surface area contributed by atoms with Gasteiger partial charge in [-0.1, -0.05) is 0 Å². The fraction of sp³-hybridized carbons (Fsp3) is 0.200. The van der Waals surface area contributed by atoms with Gasteiger partial charge < -0.3 is 25.3 Å². The van der Waals surface area contributed by atoms with Crippen LogP contribution in [-0.2, 0) is 11.2 Å². The van der Waals surface area contributed by atoms with E-state index in [0.29, 0.717) is 30.6 Å². The minimum absolute atomic E-state index is 0.333. The molecule has 4 rings (SSSR count). The van der Waals surface area contributed by atoms with Gasteiger partial charge in [0.05, 0.1) is 23.1 Å². The molecule has 0 aliphatic carbocycles. The molecule has 0 saturated carbocycles. The summed E-state index contributed by atoms with van der Waals surface area (Å²) in [5.74, 6) is 0.779. The van der Waals surface area contributed by atoms with Crippen molar-refractivity contribution in [1.29, 1.82) is 0 Å². The molecular weight excluding hydrogens is 450 g/mol. The highest BCUT2D eigenvalue weighted by molar-refractivity contribution is 9.10. The zero-order valence-corrected chi connectivity index (χ0v) is 17.8. The Bertz CT molecular complexity index is 1160. The van der Waals surface area contributed by atoms with Crippen LogP contribution >= 0.6 is 15.9 Å². The van der Waals surface area contributed by atoms with Crippen LogP contribution in [0.2, 0.25) is 0 Å². The quantitative estimate of drug-likeness (QED) is 0.287. The van der Waals surface area contributed by atoms with E-state index in [4.69, 9.17) is 4.74 Å². The number of esters is 1. The van der Waals surface area contributed by atoms with Gasteiger partial charge in [-0.25, -0.2) is 14.8 Å². The van der Waals surface area contributed by atoms with Crippen molar-refractivity contribution in [2.24, 2.45) is 0 Å². The van der Waals surface area contributed by atoms with Crippen LogP contribution in [0.15, 0.2) is 47.5 Å². The SMILES string of the molecule is CCOC(=O)c1cc2cc(Nc3ncc(Br)c(NCCc4c[nH]cn4)n3)ccc2[nH]1. The number of benzene rings is 1. The Labute approximate surface area is 180 Å². The molecule has 0 saturated heterocycles. The number of halogens is 1. The van der Waals surface area contributed by atoms with Crippen molar-refractivity contribution in [3.8, 4) is 0 Å². The number of H-pyrrole nitrogens is 2. The van der Waals surface area contributed by atoms with E-state index < -0.39 is 0 Å². The summed E-state index contributed by atoms with van der Waals surface area (Å²) in [4.78, 5) is 31.0. The highest BCUT2D eigenvalue weighted by Crippen LogP contribution is 2.25. The average molecular weight is 470 g/mol. The number of nitrogens with one attached hydrogen (secondary N) is 4. The van der Waals surface area contributed by atoms with Crippen LogP contribution in [0.1, 0.15) is 23.1 Å². The monoisotopic (exact) mass is 469 g/mol. The van der Waals surface area contributed by atoms with Crippen molar-refractivity contribution < 1.29 is 9.53 Å². The number of rotatable bonds is 8. The molecule has 0 unspecified atom stereocenters. The summed E-state index contributed by atoms with van der Waals surface area (Å²) in [5, 5.41) is 7.37. The summed E-state index contributed by atoms with van der Waals surface area (Å²) in [5.41, 5.74) is 3.06. The first-order chi connectivity index (χ1) is 14.6. The van der Waals surface area contributed by atoms with Crippen molar-refractivity contribution in [3.63, 3.8) is 0 Å². The Kier molecular flexibility index (Phi) is 5.94. The third-order valence-corrected chi connectivity index (χ3v) is 4.93. The molecule has 1 aromatic carbocycles. The van der Waals surface area contributed by atoms with Gasteiger partial charge in [0.1, 0.15) is 11.5 Å². The summed E-state index contributed by atoms with van der Waals surface area (Å²) in [6, 6.07) is 7.47. The maximum atomic E-state index is 11.9. The zero-order valence-electron chi connectivity index (χ0n) is 16.2. The third-order valence-electron chi connectivity index (χ3n) is 4.34. The second-order valence-corrected chi connectivity index (χ2v) is 7.31. The van der Waals surface area contributed by atoms with Crippen LogP contribution in [0.4, 0.5) is 17.5 Å². The highest BCUT2D eigenvalue weighted by atomic mass is 79.9. The van der Waals surface area contributed by atoms with Crippen molar-refractivity contribution >= 4 is 50.3 Å². The van der Waals surface area contributed by atoms with Gasteiger partial charge in [0.25, 0.3) is 0 Å². The lowest BCUT2D eigenvalue weighted by Crippen LogP contribution is -2.09. The molecule has 9 nitrogen and oxygen atoms in total. The second kappa shape index (κ2) is 8.95. The van der Waals surface area contributed by atoms with E-state index in [1.165, 1.54) is 0 Å². The minimum Gasteiger partial charge on any atom is -0.461 e. The molecule has 0 radical (unpaired) electrons. The van der Waals surface area contributed by atoms with Gasteiger partial charge in [-0.05, 0) is 47.1 Å². The highest BCUT2D eigenvalue weighted by Gasteiger charge is 2.11. The summed E-state index contributed by atoms with van der Waals surface area (Å²) in [6.45, 7) is 2.80. The lowest BCUT2D eigenvalue weighted by molar-refractivity contribution is 0.0520. The zero-order chi connectivity index (χ0) is 20.9. The molecule has 3 aromatic heterocycles. The summed E-state index contributed by atoms with van der Waals surface area (Å²) < 4.78 is 5.81. The predicted molar refractivity (Wildman–Crippen MR) is 118 cm³/mol. The van der Waals surface area contributed by atoms with Gasteiger partial charge in [-0.3, -0.25) is 0 Å². The molecule has 0 atom stereocenters. The number of aromatic nitrogens is 5. The van der Waals surface area contributed by atoms with Gasteiger partial charge in [0, 0.05) is 41.9 Å². The lowest BCUT2D eigenvalue weighted by atomic mass is 10.2. The summed E-state index contributed by atoms with van der Waals surface area (Å²) in [7, 11) is 0. The van der Waals surface area contributed by atoms with Crippen molar-refractivity contribution in [2.75, 3.05) is 23.8 Å². The van der Waals surface area contributed by atoms with E-state index in [0.717, 1.165) is 33.2 Å². The number of hydrogen-bond acceptors (Lipinski definition) is 7. The number of nitrogens with zero attached hydrogens (tertiary/aromatic N) is 3. The van der Waals surface area contributed by atoms with Gasteiger partial charge in [-0.15, -0.1) is 0 Å². The minimum atomic E-state index is -0.370. The fourth-order valence-electron chi connectivity index (χ4n) is 2.95. The van der Waals surface area contributed by atoms with E-state index >= 15 is 0 Å². The molecule has 10 heteroatoms. The average Bonchev–Trinajstić information content (AvgIpc) is 3.40. The first-order valence-electron chi connectivity index (χ1n) is 9.43. The van der Waals surface area contributed by atoms with E-state index in [1.807, 2.05) is 24.4 Å². The van der Waals surface area contributed by atoms with Crippen molar-refractivity contribution in [1.82, 2.24) is 24.9 Å². The van der Waals surface area contributed by atoms with E-state index in [2.05, 4.69) is 51.5 Å². The molecule has 3 heterocycles. The van der Waals surface area contributed by atoms with Gasteiger partial charge in [0.2, 0.25) is 5.95 Å². The first-order valence-corrected chi connectivity index (χ1v) is 10.2. The lowest BCUT2D eigenvalue weighted by Gasteiger charge is -2.10. The molecule has 0 bridgehead atoms. The van der Waals surface area contributed by atoms with Crippen LogP contribution in [0.3, 0.4) is 0 Å². The molecule has 154 valence electrons. The number of carbonyl (C=O) groups is 1. The van der Waals surface area contributed by atoms with Crippen LogP contribution in [0.25, 0.3) is 10.9 Å². The normalized spacial score (nSPS) is 10.9. The largest absolute Gasteiger partial charge is 0.461 e. The molecular formula is C20H20BrN7O2. The standard InChI is InChI=1S/C20H20BrN7O2/c1-2-30-19(29)17-8-12-7-13(3-4-16(12)27-17)26-20-24-10-15(21)18(28-20)23-6-5-14-9-22-11-25-14/h3-4,7-11,27H,2,5-6H2,1H3,(H,22,25)(H2,23,24,26,28). The van der Waals surface area contributed by atoms with Crippen LogP contribution < -0.4 is 10.6 Å². The van der Waals surface area contributed by atoms with Gasteiger partial charge in [-0.2, -0.15) is 4.98 Å². The topological polar surface area (TPSA) is 121 Å². The Hall–Kier alpha value is -3.40. The maximum Gasteiger partial charge on any atom is 0.354 e. The van der Waals surface area contributed by atoms with Crippen LogP contribution in [0.5, 0.6) is 0 Å². The number of imidazole rings is 1. The van der Waals surface area contributed by atoms with Crippen molar-refractivity contribution in [3.05, 3.63) is 58.8 Å². The molecule has 4 N–H and O–H groups in total. The van der Waals surface area contributed by atoms with E-state index in [1.54, 1.807) is 25.5 Å². The molecule has 0 amide bonds. The van der Waals surface area contributed by atoms with Crippen molar-refractivity contribution in [2.45, 2.75) is 13.3 Å². The summed E-state index contributed by atoms with van der Waals surface area (Å²) >= 11 is 3.47. The molecule has 0 fully saturated rings. The fourth-order valence-corrected chi connectivity index (χ4v) is 3.28. The second-order valence-electron chi connectivity index (χ2n) is 6.46. The van der Waals surface area contributed by atoms with Crippen LogP contribution in [0, 0.1) is 0 Å². The third kappa shape index (κ3) is 4.60. The Morgan fingerprint density at radius 2 is 2.17 bits per heavy atom. The first kappa shape index (κ1) is 19.9. The molecule has 0 aliphatic rings. The Morgan fingerprint density at radius 3 is 2.97 bits per heavy atom. The molecule has 0 aliphatic heterocycles. The maximum absolute atomic E-state index is 11.9. The van der Waals surface area contributed by atoms with Gasteiger partial charge in [0.15, 0.2) is 0 Å². The molecule has 4 aromatic rings. The van der Waals surface area contributed by atoms with E-state index in [-0.39, 0.29) is 5.97 Å². The Balaban J connectivity index is 1.46. The molecule has 0 spiro atoms. The number of aromatic amines is 2. The number of carbonyl (C=O) groups excluding carboxylic acids is 1. The number of anilines is 3. The smallest absolute Gasteiger partial charge is 0.354 e.